The Morgan fingerprint density at radius 2 is 2.14 bits per heavy atom. The Kier molecular flexibility index (Phi) is 3.88. The number of hydrogen-bond donors (Lipinski definition) is 2. The normalized spacial score (nSPS) is 25.7. The van der Waals surface area contributed by atoms with Crippen LogP contribution in [0.3, 0.4) is 0 Å². The highest BCUT2D eigenvalue weighted by molar-refractivity contribution is 5.40. The minimum absolute atomic E-state index is 0.112. The topological polar surface area (TPSA) is 81.7 Å². The summed E-state index contributed by atoms with van der Waals surface area (Å²) in [7, 11) is 0. The molecule has 0 spiro atoms. The molecule has 21 heavy (non-hydrogen) atoms. The molecule has 1 aromatic carbocycles. The van der Waals surface area contributed by atoms with Gasteiger partial charge >= 0.3 is 0 Å². The summed E-state index contributed by atoms with van der Waals surface area (Å²) in [6.07, 6.45) is 4.72. The average Bonchev–Trinajstić information content (AvgIpc) is 2.98. The lowest BCUT2D eigenvalue weighted by atomic mass is 9.73. The predicted molar refractivity (Wildman–Crippen MR) is 82.2 cm³/mol. The molecule has 1 aliphatic carbocycles. The molecule has 112 valence electrons. The van der Waals surface area contributed by atoms with E-state index in [1.807, 2.05) is 30.3 Å². The van der Waals surface area contributed by atoms with Gasteiger partial charge in [0.1, 0.15) is 0 Å². The third kappa shape index (κ3) is 2.63. The van der Waals surface area contributed by atoms with Gasteiger partial charge in [0, 0.05) is 6.54 Å². The molecule has 3 rings (SSSR count). The molecule has 1 aliphatic rings. The minimum Gasteiger partial charge on any atom is -0.346 e. The van der Waals surface area contributed by atoms with Crippen molar-refractivity contribution in [3.05, 3.63) is 30.3 Å². The summed E-state index contributed by atoms with van der Waals surface area (Å²) in [5.74, 6) is 1.18. The fourth-order valence-electron chi connectivity index (χ4n) is 3.18. The van der Waals surface area contributed by atoms with E-state index in [1.165, 1.54) is 19.3 Å². The molecule has 0 bridgehead atoms. The molecule has 1 fully saturated rings. The second kappa shape index (κ2) is 5.81. The largest absolute Gasteiger partial charge is 0.346 e. The molecule has 0 amide bonds. The highest BCUT2D eigenvalue weighted by Crippen LogP contribution is 2.35. The third-order valence-electron chi connectivity index (χ3n) is 4.65. The zero-order valence-corrected chi connectivity index (χ0v) is 12.4. The maximum atomic E-state index is 6.09. The van der Waals surface area contributed by atoms with Gasteiger partial charge in [-0.2, -0.15) is 4.68 Å². The van der Waals surface area contributed by atoms with E-state index in [1.54, 1.807) is 4.68 Å². The van der Waals surface area contributed by atoms with E-state index in [0.717, 1.165) is 12.1 Å². The number of rotatable bonds is 4. The van der Waals surface area contributed by atoms with Crippen LogP contribution in [-0.2, 0) is 0 Å². The van der Waals surface area contributed by atoms with Gasteiger partial charge in [0.25, 0.3) is 0 Å². The first-order valence-electron chi connectivity index (χ1n) is 7.57. The van der Waals surface area contributed by atoms with Crippen LogP contribution < -0.4 is 11.1 Å². The number of nitrogens with zero attached hydrogens (tertiary/aromatic N) is 4. The highest BCUT2D eigenvalue weighted by atomic mass is 15.6. The number of para-hydroxylation sites is 1. The maximum absolute atomic E-state index is 6.09. The summed E-state index contributed by atoms with van der Waals surface area (Å²) in [4.78, 5) is 0. The van der Waals surface area contributed by atoms with E-state index in [2.05, 4.69) is 27.8 Å². The standard InChI is InChI=1S/C15H22N6/c1-12-7-5-6-10-15(12,11-16)17-14-18-19-20-21(14)13-8-3-2-4-9-13/h2-4,8-9,12H,5-7,10-11,16H2,1H3,(H,17,18,20). The zero-order valence-electron chi connectivity index (χ0n) is 12.4. The molecule has 2 unspecified atom stereocenters. The molecule has 2 atom stereocenters. The maximum Gasteiger partial charge on any atom is 0.248 e. The van der Waals surface area contributed by atoms with Gasteiger partial charge in [0.2, 0.25) is 5.95 Å². The van der Waals surface area contributed by atoms with Crippen LogP contribution >= 0.6 is 0 Å². The smallest absolute Gasteiger partial charge is 0.248 e. The number of nitrogens with two attached hydrogens (primary N) is 1. The number of nitrogens with one attached hydrogen (secondary N) is 1. The predicted octanol–water partition coefficient (Wildman–Crippen LogP) is 1.98. The Labute approximate surface area is 124 Å². The molecule has 2 aromatic rings. The first-order valence-corrected chi connectivity index (χ1v) is 7.57. The second-order valence-electron chi connectivity index (χ2n) is 5.88. The first-order chi connectivity index (χ1) is 10.2. The summed E-state index contributed by atoms with van der Waals surface area (Å²) < 4.78 is 1.73. The molecule has 0 aliphatic heterocycles. The van der Waals surface area contributed by atoms with Gasteiger partial charge in [-0.1, -0.05) is 43.1 Å². The number of aromatic nitrogens is 4. The van der Waals surface area contributed by atoms with Gasteiger partial charge in [-0.25, -0.2) is 0 Å². The fraction of sp³-hybridized carbons (Fsp3) is 0.533. The number of hydrogen-bond acceptors (Lipinski definition) is 5. The van der Waals surface area contributed by atoms with Crippen molar-refractivity contribution >= 4 is 5.95 Å². The van der Waals surface area contributed by atoms with Crippen molar-refractivity contribution in [3.63, 3.8) is 0 Å². The quantitative estimate of drug-likeness (QED) is 0.898. The highest BCUT2D eigenvalue weighted by Gasteiger charge is 2.38. The van der Waals surface area contributed by atoms with Crippen molar-refractivity contribution in [1.82, 2.24) is 20.2 Å². The summed E-state index contributed by atoms with van der Waals surface area (Å²) in [6, 6.07) is 9.90. The third-order valence-corrected chi connectivity index (χ3v) is 4.65. The number of benzene rings is 1. The Balaban J connectivity index is 1.90. The minimum atomic E-state index is -0.112. The Hall–Kier alpha value is -1.95. The molecular formula is C15H22N6. The van der Waals surface area contributed by atoms with Crippen molar-refractivity contribution in [2.45, 2.75) is 38.1 Å². The van der Waals surface area contributed by atoms with Crippen LogP contribution in [0.5, 0.6) is 0 Å². The summed E-state index contributed by atoms with van der Waals surface area (Å²) in [5, 5.41) is 15.6. The van der Waals surface area contributed by atoms with Crippen molar-refractivity contribution in [2.75, 3.05) is 11.9 Å². The Morgan fingerprint density at radius 3 is 2.86 bits per heavy atom. The van der Waals surface area contributed by atoms with E-state index in [0.29, 0.717) is 18.4 Å². The van der Waals surface area contributed by atoms with Gasteiger partial charge in [0.15, 0.2) is 0 Å². The number of anilines is 1. The molecule has 1 saturated carbocycles. The van der Waals surface area contributed by atoms with Gasteiger partial charge in [-0.15, -0.1) is 0 Å². The van der Waals surface area contributed by atoms with Crippen LogP contribution in [0.15, 0.2) is 30.3 Å². The molecular weight excluding hydrogens is 264 g/mol. The molecule has 6 nitrogen and oxygen atoms in total. The second-order valence-corrected chi connectivity index (χ2v) is 5.88. The summed E-state index contributed by atoms with van der Waals surface area (Å²) >= 11 is 0. The fourth-order valence-corrected chi connectivity index (χ4v) is 3.18. The molecule has 1 aromatic heterocycles. The van der Waals surface area contributed by atoms with E-state index in [-0.39, 0.29) is 5.54 Å². The van der Waals surface area contributed by atoms with Crippen LogP contribution in [0, 0.1) is 5.92 Å². The Bertz CT molecular complexity index is 581. The lowest BCUT2D eigenvalue weighted by Crippen LogP contribution is -2.53. The molecule has 3 N–H and O–H groups in total. The van der Waals surface area contributed by atoms with Gasteiger partial charge in [-0.05, 0) is 41.3 Å². The van der Waals surface area contributed by atoms with E-state index >= 15 is 0 Å². The SMILES string of the molecule is CC1CCCCC1(CN)Nc1nnnn1-c1ccccc1. The monoisotopic (exact) mass is 286 g/mol. The lowest BCUT2D eigenvalue weighted by Gasteiger charge is -2.42. The van der Waals surface area contributed by atoms with E-state index in [9.17, 15) is 0 Å². The zero-order chi connectivity index (χ0) is 14.7. The van der Waals surface area contributed by atoms with Crippen LogP contribution in [-0.4, -0.2) is 32.3 Å². The van der Waals surface area contributed by atoms with Crippen molar-refractivity contribution < 1.29 is 0 Å². The van der Waals surface area contributed by atoms with Crippen LogP contribution in [0.1, 0.15) is 32.6 Å². The van der Waals surface area contributed by atoms with E-state index in [4.69, 9.17) is 5.73 Å². The first kappa shape index (κ1) is 14.0. The molecule has 0 radical (unpaired) electrons. The van der Waals surface area contributed by atoms with Gasteiger partial charge < -0.3 is 11.1 Å². The summed E-state index contributed by atoms with van der Waals surface area (Å²) in [6.45, 7) is 2.85. The average molecular weight is 286 g/mol. The summed E-state index contributed by atoms with van der Waals surface area (Å²) in [5.41, 5.74) is 6.93. The molecule has 1 heterocycles. The van der Waals surface area contributed by atoms with Crippen molar-refractivity contribution in [2.24, 2.45) is 11.7 Å². The molecule has 6 heteroatoms. The van der Waals surface area contributed by atoms with E-state index < -0.39 is 0 Å². The van der Waals surface area contributed by atoms with Crippen LogP contribution in [0.25, 0.3) is 5.69 Å². The molecule has 0 saturated heterocycles. The lowest BCUT2D eigenvalue weighted by molar-refractivity contribution is 0.234. The van der Waals surface area contributed by atoms with Gasteiger partial charge in [-0.3, -0.25) is 0 Å². The van der Waals surface area contributed by atoms with Crippen LogP contribution in [0.4, 0.5) is 5.95 Å². The van der Waals surface area contributed by atoms with Crippen molar-refractivity contribution in [3.8, 4) is 5.69 Å². The number of tetrazole rings is 1. The Morgan fingerprint density at radius 1 is 1.33 bits per heavy atom. The van der Waals surface area contributed by atoms with Crippen LogP contribution in [0.2, 0.25) is 0 Å². The van der Waals surface area contributed by atoms with Gasteiger partial charge in [0.05, 0.1) is 11.2 Å². The van der Waals surface area contributed by atoms with Crippen molar-refractivity contribution in [1.29, 1.82) is 0 Å².